The average molecular weight is 369 g/mol. The van der Waals surface area contributed by atoms with Crippen LogP contribution in [0.2, 0.25) is 13.1 Å². The van der Waals surface area contributed by atoms with Crippen molar-refractivity contribution in [3.8, 4) is 0 Å². The average Bonchev–Trinajstić information content (AvgIpc) is 2.91. The Balaban J connectivity index is 2.09. The maximum Gasteiger partial charge on any atom is 0.109 e. The zero-order valence-electron chi connectivity index (χ0n) is 17.0. The minimum absolute atomic E-state index is 0.0414. The number of rotatable bonds is 3. The van der Waals surface area contributed by atoms with E-state index in [2.05, 4.69) is 113 Å². The van der Waals surface area contributed by atoms with E-state index < -0.39 is 8.07 Å². The van der Waals surface area contributed by atoms with Gasteiger partial charge in [0, 0.05) is 5.41 Å². The zero-order chi connectivity index (χ0) is 19.2. The molecule has 0 aliphatic heterocycles. The van der Waals surface area contributed by atoms with Gasteiger partial charge in [-0.05, 0) is 34.8 Å². The van der Waals surface area contributed by atoms with Crippen LogP contribution in [-0.4, -0.2) is 8.07 Å². The molecule has 3 aromatic rings. The number of fused-ring (bicyclic) bond motifs is 1. The summed E-state index contributed by atoms with van der Waals surface area (Å²) in [6.07, 6.45) is 0. The SMILES string of the molecule is Cc1ccccc1C1=C([Si](C)(C)c2ccccc2)C(C)(C)c2ccccc21. The van der Waals surface area contributed by atoms with Crippen LogP contribution in [0.5, 0.6) is 0 Å². The topological polar surface area (TPSA) is 0 Å². The van der Waals surface area contributed by atoms with Crippen LogP contribution in [0.4, 0.5) is 0 Å². The molecule has 0 unspecified atom stereocenters. The number of allylic oxidation sites excluding steroid dienone is 1. The number of aryl methyl sites for hydroxylation is 1. The van der Waals surface area contributed by atoms with E-state index in [4.69, 9.17) is 0 Å². The molecule has 0 heterocycles. The molecule has 0 saturated carbocycles. The third kappa shape index (κ3) is 2.73. The lowest BCUT2D eigenvalue weighted by Crippen LogP contribution is -2.48. The Morgan fingerprint density at radius 3 is 1.89 bits per heavy atom. The fourth-order valence-corrected chi connectivity index (χ4v) is 8.96. The van der Waals surface area contributed by atoms with Gasteiger partial charge in [0.25, 0.3) is 0 Å². The molecule has 0 N–H and O–H groups in total. The maximum absolute atomic E-state index is 2.52. The highest BCUT2D eigenvalue weighted by molar-refractivity contribution is 6.97. The van der Waals surface area contributed by atoms with Crippen molar-refractivity contribution in [2.75, 3.05) is 0 Å². The van der Waals surface area contributed by atoms with Crippen LogP contribution < -0.4 is 5.19 Å². The molecule has 0 bridgehead atoms. The predicted octanol–water partition coefficient (Wildman–Crippen LogP) is 6.24. The van der Waals surface area contributed by atoms with Crippen LogP contribution >= 0.6 is 0 Å². The minimum Gasteiger partial charge on any atom is -0.0626 e. The quantitative estimate of drug-likeness (QED) is 0.480. The summed E-state index contributed by atoms with van der Waals surface area (Å²) in [7, 11) is -1.87. The van der Waals surface area contributed by atoms with Gasteiger partial charge in [0.05, 0.1) is 0 Å². The summed E-state index contributed by atoms with van der Waals surface area (Å²) in [5.41, 5.74) is 7.16. The monoisotopic (exact) mass is 368 g/mol. The van der Waals surface area contributed by atoms with E-state index in [1.807, 2.05) is 0 Å². The molecule has 0 spiro atoms. The molecule has 1 aliphatic carbocycles. The molecule has 27 heavy (non-hydrogen) atoms. The number of benzene rings is 3. The summed E-state index contributed by atoms with van der Waals surface area (Å²) in [4.78, 5) is 0. The smallest absolute Gasteiger partial charge is 0.0626 e. The van der Waals surface area contributed by atoms with E-state index >= 15 is 0 Å². The summed E-state index contributed by atoms with van der Waals surface area (Å²) in [5, 5.41) is 3.16. The summed E-state index contributed by atoms with van der Waals surface area (Å²) < 4.78 is 0. The van der Waals surface area contributed by atoms with E-state index in [9.17, 15) is 0 Å². The first-order valence-corrected chi connectivity index (χ1v) is 12.8. The van der Waals surface area contributed by atoms with Gasteiger partial charge < -0.3 is 0 Å². The van der Waals surface area contributed by atoms with Crippen molar-refractivity contribution < 1.29 is 0 Å². The van der Waals surface area contributed by atoms with Crippen molar-refractivity contribution in [3.63, 3.8) is 0 Å². The summed E-state index contributed by atoms with van der Waals surface area (Å²) in [6.45, 7) is 12.1. The molecule has 0 fully saturated rings. The first kappa shape index (κ1) is 18.0. The van der Waals surface area contributed by atoms with Gasteiger partial charge in [-0.1, -0.05) is 116 Å². The highest BCUT2D eigenvalue weighted by Crippen LogP contribution is 2.52. The second-order valence-electron chi connectivity index (χ2n) is 8.73. The molecule has 4 rings (SSSR count). The number of hydrogen-bond donors (Lipinski definition) is 0. The molecular weight excluding hydrogens is 340 g/mol. The van der Waals surface area contributed by atoms with Gasteiger partial charge >= 0.3 is 0 Å². The van der Waals surface area contributed by atoms with Crippen molar-refractivity contribution in [1.29, 1.82) is 0 Å². The van der Waals surface area contributed by atoms with Gasteiger partial charge in [0.15, 0.2) is 0 Å². The van der Waals surface area contributed by atoms with Crippen molar-refractivity contribution in [1.82, 2.24) is 0 Å². The van der Waals surface area contributed by atoms with Crippen LogP contribution in [0.15, 0.2) is 84.1 Å². The molecule has 1 heteroatoms. The van der Waals surface area contributed by atoms with E-state index in [1.165, 1.54) is 33.0 Å². The molecule has 0 aromatic heterocycles. The first-order chi connectivity index (χ1) is 12.8. The normalized spacial score (nSPS) is 15.7. The molecule has 0 atom stereocenters. The van der Waals surface area contributed by atoms with Gasteiger partial charge in [-0.3, -0.25) is 0 Å². The molecular formula is C26H28Si. The second-order valence-corrected chi connectivity index (χ2v) is 13.1. The Morgan fingerprint density at radius 2 is 1.22 bits per heavy atom. The van der Waals surface area contributed by atoms with Crippen LogP contribution in [0.3, 0.4) is 0 Å². The van der Waals surface area contributed by atoms with E-state index in [0.29, 0.717) is 0 Å². The van der Waals surface area contributed by atoms with Crippen molar-refractivity contribution in [2.45, 2.75) is 39.3 Å². The fourth-order valence-electron chi connectivity index (χ4n) is 5.05. The van der Waals surface area contributed by atoms with Gasteiger partial charge in [-0.2, -0.15) is 0 Å². The Kier molecular flexibility index (Phi) is 4.23. The Morgan fingerprint density at radius 1 is 0.667 bits per heavy atom. The van der Waals surface area contributed by atoms with Gasteiger partial charge in [-0.15, -0.1) is 0 Å². The molecule has 0 radical (unpaired) electrons. The zero-order valence-corrected chi connectivity index (χ0v) is 18.0. The standard InChI is InChI=1S/C26H28Si/c1-19-13-9-10-16-21(19)24-22-17-11-12-18-23(22)26(2,3)25(24)27(4,5)20-14-7-6-8-15-20/h6-18H,1-5H3. The van der Waals surface area contributed by atoms with E-state index in [0.717, 1.165) is 0 Å². The minimum atomic E-state index is -1.87. The van der Waals surface area contributed by atoms with Gasteiger partial charge in [-0.25, -0.2) is 0 Å². The van der Waals surface area contributed by atoms with Gasteiger partial charge in [0.1, 0.15) is 8.07 Å². The van der Waals surface area contributed by atoms with Crippen LogP contribution in [0.1, 0.15) is 36.1 Å². The third-order valence-electron chi connectivity index (χ3n) is 6.28. The lowest BCUT2D eigenvalue weighted by atomic mass is 9.87. The lowest BCUT2D eigenvalue weighted by molar-refractivity contribution is 0.663. The fraction of sp³-hybridized carbons (Fsp3) is 0.231. The van der Waals surface area contributed by atoms with Crippen LogP contribution in [-0.2, 0) is 5.41 Å². The summed E-state index contributed by atoms with van der Waals surface area (Å²) in [5.74, 6) is 0. The van der Waals surface area contributed by atoms with Crippen LogP contribution in [0.25, 0.3) is 5.57 Å². The summed E-state index contributed by atoms with van der Waals surface area (Å²) >= 11 is 0. The number of hydrogen-bond acceptors (Lipinski definition) is 0. The molecule has 0 nitrogen and oxygen atoms in total. The Hall–Kier alpha value is -2.38. The predicted molar refractivity (Wildman–Crippen MR) is 120 cm³/mol. The van der Waals surface area contributed by atoms with Gasteiger partial charge in [0.2, 0.25) is 0 Å². The van der Waals surface area contributed by atoms with Crippen molar-refractivity contribution in [2.24, 2.45) is 0 Å². The van der Waals surface area contributed by atoms with E-state index in [-0.39, 0.29) is 5.41 Å². The van der Waals surface area contributed by atoms with Crippen molar-refractivity contribution in [3.05, 3.63) is 106 Å². The molecule has 0 saturated heterocycles. The third-order valence-corrected chi connectivity index (χ3v) is 10.2. The Labute approximate surface area is 164 Å². The molecule has 3 aromatic carbocycles. The highest BCUT2D eigenvalue weighted by Gasteiger charge is 2.46. The maximum atomic E-state index is 2.52. The summed E-state index contributed by atoms with van der Waals surface area (Å²) in [6, 6.07) is 29.0. The Bertz CT molecular complexity index is 1020. The van der Waals surface area contributed by atoms with Crippen LogP contribution in [0, 0.1) is 6.92 Å². The largest absolute Gasteiger partial charge is 0.109 e. The van der Waals surface area contributed by atoms with E-state index in [1.54, 1.807) is 5.20 Å². The second kappa shape index (κ2) is 6.35. The molecule has 1 aliphatic rings. The highest BCUT2D eigenvalue weighted by atomic mass is 28.3. The molecule has 0 amide bonds. The van der Waals surface area contributed by atoms with Crippen molar-refractivity contribution >= 4 is 18.8 Å². The lowest BCUT2D eigenvalue weighted by Gasteiger charge is -2.36. The first-order valence-electron chi connectivity index (χ1n) is 9.82. The molecule has 136 valence electrons.